The number of hydrogen-bond donors (Lipinski definition) is 0. The van der Waals surface area contributed by atoms with Crippen molar-refractivity contribution in [1.82, 2.24) is 0 Å². The molecule has 17 heavy (non-hydrogen) atoms. The number of benzene rings is 1. The van der Waals surface area contributed by atoms with E-state index in [0.717, 1.165) is 0 Å². The molecule has 0 N–H and O–H groups in total. The first-order chi connectivity index (χ1) is 7.95. The molecule has 1 aromatic rings. The molecule has 6 heteroatoms. The van der Waals surface area contributed by atoms with Gasteiger partial charge in [0.25, 0.3) is 0 Å². The van der Waals surface area contributed by atoms with E-state index in [4.69, 9.17) is 11.6 Å². The van der Waals surface area contributed by atoms with E-state index < -0.39 is 28.8 Å². The van der Waals surface area contributed by atoms with Gasteiger partial charge < -0.3 is 4.74 Å². The lowest BCUT2D eigenvalue weighted by Gasteiger charge is -2.09. The summed E-state index contributed by atoms with van der Waals surface area (Å²) in [5.74, 6) is -4.14. The minimum atomic E-state index is -1.28. The average molecular weight is 267 g/mol. The number of carbonyl (C=O) groups excluding carboxylic acids is 1. The highest BCUT2D eigenvalue weighted by atomic mass is 35.5. The largest absolute Gasteiger partial charge is 0.465 e. The molecule has 2 nitrogen and oxygen atoms in total. The number of halogens is 4. The number of carbonyl (C=O) groups is 1. The molecular weight excluding hydrogens is 257 g/mol. The van der Waals surface area contributed by atoms with Gasteiger partial charge in [-0.05, 0) is 18.6 Å². The molecule has 94 valence electrons. The summed E-state index contributed by atoms with van der Waals surface area (Å²) in [6.07, 6.45) is -0.260. The fourth-order valence-electron chi connectivity index (χ4n) is 1.23. The molecule has 0 saturated heterocycles. The van der Waals surface area contributed by atoms with Crippen LogP contribution in [0.2, 0.25) is 0 Å². The molecule has 1 atom stereocenters. The van der Waals surface area contributed by atoms with E-state index in [0.29, 0.717) is 12.1 Å². The number of ether oxygens (including phenoxy) is 1. The summed E-state index contributed by atoms with van der Waals surface area (Å²) in [4.78, 5) is 11.2. The summed E-state index contributed by atoms with van der Waals surface area (Å²) >= 11 is 5.65. The van der Waals surface area contributed by atoms with Crippen LogP contribution >= 0.6 is 11.6 Å². The van der Waals surface area contributed by atoms with Gasteiger partial charge in [-0.3, -0.25) is 4.79 Å². The fourth-order valence-corrected chi connectivity index (χ4v) is 1.46. The van der Waals surface area contributed by atoms with Gasteiger partial charge in [0.2, 0.25) is 0 Å². The van der Waals surface area contributed by atoms with E-state index in [1.54, 1.807) is 6.92 Å². The second-order valence-electron chi connectivity index (χ2n) is 3.28. The van der Waals surface area contributed by atoms with Gasteiger partial charge in [0, 0.05) is 12.5 Å². The number of esters is 1. The Morgan fingerprint density at radius 2 is 1.88 bits per heavy atom. The van der Waals surface area contributed by atoms with Crippen molar-refractivity contribution in [3.63, 3.8) is 0 Å². The summed E-state index contributed by atoms with van der Waals surface area (Å²) in [7, 11) is 0. The van der Waals surface area contributed by atoms with Crippen molar-refractivity contribution < 1.29 is 22.7 Å². The number of rotatable bonds is 4. The molecule has 1 aromatic carbocycles. The zero-order valence-electron chi connectivity index (χ0n) is 8.97. The third-order valence-electron chi connectivity index (χ3n) is 2.03. The Kier molecular flexibility index (Phi) is 4.81. The van der Waals surface area contributed by atoms with E-state index >= 15 is 0 Å². The molecular formula is C11H10ClF3O2. The first-order valence-corrected chi connectivity index (χ1v) is 5.33. The van der Waals surface area contributed by atoms with Crippen LogP contribution in [0.5, 0.6) is 0 Å². The molecule has 0 aliphatic rings. The lowest BCUT2D eigenvalue weighted by molar-refractivity contribution is -0.142. The SMILES string of the molecule is CCOC(=O)C(Cl)Cc1cc(F)c(F)cc1F. The first-order valence-electron chi connectivity index (χ1n) is 4.89. The molecule has 0 aliphatic heterocycles. The van der Waals surface area contributed by atoms with Crippen LogP contribution in [0, 0.1) is 17.5 Å². The van der Waals surface area contributed by atoms with Gasteiger partial charge in [0.05, 0.1) is 6.61 Å². The van der Waals surface area contributed by atoms with Crippen LogP contribution < -0.4 is 0 Å². The van der Waals surface area contributed by atoms with Crippen molar-refractivity contribution in [2.75, 3.05) is 6.61 Å². The smallest absolute Gasteiger partial charge is 0.324 e. The Bertz CT molecular complexity index is 423. The maximum atomic E-state index is 13.2. The van der Waals surface area contributed by atoms with Crippen molar-refractivity contribution in [3.8, 4) is 0 Å². The quantitative estimate of drug-likeness (QED) is 0.476. The predicted octanol–water partition coefficient (Wildman–Crippen LogP) is 2.82. The minimum absolute atomic E-state index is 0.141. The molecule has 0 fully saturated rings. The highest BCUT2D eigenvalue weighted by Gasteiger charge is 2.20. The second-order valence-corrected chi connectivity index (χ2v) is 3.81. The number of hydrogen-bond acceptors (Lipinski definition) is 2. The van der Waals surface area contributed by atoms with Crippen LogP contribution in [-0.4, -0.2) is 18.0 Å². The van der Waals surface area contributed by atoms with Crippen LogP contribution in [0.25, 0.3) is 0 Å². The lowest BCUT2D eigenvalue weighted by Crippen LogP contribution is -2.20. The van der Waals surface area contributed by atoms with E-state index in [2.05, 4.69) is 4.74 Å². The van der Waals surface area contributed by atoms with Crippen molar-refractivity contribution in [2.45, 2.75) is 18.7 Å². The molecule has 1 rings (SSSR count). The molecule has 0 spiro atoms. The average Bonchev–Trinajstić information content (AvgIpc) is 2.26. The van der Waals surface area contributed by atoms with Crippen molar-refractivity contribution in [1.29, 1.82) is 0 Å². The van der Waals surface area contributed by atoms with Gasteiger partial charge in [0.1, 0.15) is 11.2 Å². The molecule has 0 aliphatic carbocycles. The Morgan fingerprint density at radius 1 is 1.29 bits per heavy atom. The van der Waals surface area contributed by atoms with Gasteiger partial charge >= 0.3 is 5.97 Å². The molecule has 0 radical (unpaired) electrons. The summed E-state index contributed by atoms with van der Waals surface area (Å²) in [5, 5.41) is -1.13. The Hall–Kier alpha value is -1.23. The first kappa shape index (κ1) is 13.8. The number of alkyl halides is 1. The zero-order chi connectivity index (χ0) is 13.0. The minimum Gasteiger partial charge on any atom is -0.465 e. The monoisotopic (exact) mass is 266 g/mol. The summed E-state index contributed by atoms with van der Waals surface area (Å²) in [5.41, 5.74) is -0.169. The van der Waals surface area contributed by atoms with Crippen LogP contribution in [0.4, 0.5) is 13.2 Å². The topological polar surface area (TPSA) is 26.3 Å². The van der Waals surface area contributed by atoms with Crippen molar-refractivity contribution in [2.24, 2.45) is 0 Å². The van der Waals surface area contributed by atoms with Gasteiger partial charge in [-0.25, -0.2) is 13.2 Å². The van der Waals surface area contributed by atoms with Crippen molar-refractivity contribution >= 4 is 17.6 Å². The predicted molar refractivity (Wildman–Crippen MR) is 56.3 cm³/mol. The highest BCUT2D eigenvalue weighted by Crippen LogP contribution is 2.17. The lowest BCUT2D eigenvalue weighted by atomic mass is 10.1. The van der Waals surface area contributed by atoms with Gasteiger partial charge in [-0.15, -0.1) is 11.6 Å². The Labute approximate surface area is 101 Å². The van der Waals surface area contributed by atoms with Gasteiger partial charge in [-0.2, -0.15) is 0 Å². The molecule has 0 heterocycles. The molecule has 0 amide bonds. The normalized spacial score (nSPS) is 12.3. The third-order valence-corrected chi connectivity index (χ3v) is 2.36. The van der Waals surface area contributed by atoms with E-state index in [1.165, 1.54) is 0 Å². The molecule has 0 saturated carbocycles. The Balaban J connectivity index is 2.81. The van der Waals surface area contributed by atoms with Crippen molar-refractivity contribution in [3.05, 3.63) is 35.1 Å². The third kappa shape index (κ3) is 3.63. The van der Waals surface area contributed by atoms with Gasteiger partial charge in [-0.1, -0.05) is 0 Å². The van der Waals surface area contributed by atoms with Crippen LogP contribution in [0.15, 0.2) is 12.1 Å². The maximum Gasteiger partial charge on any atom is 0.324 e. The van der Waals surface area contributed by atoms with Crippen LogP contribution in [-0.2, 0) is 16.0 Å². The van der Waals surface area contributed by atoms with E-state index in [9.17, 15) is 18.0 Å². The van der Waals surface area contributed by atoms with Gasteiger partial charge in [0.15, 0.2) is 11.6 Å². The fraction of sp³-hybridized carbons (Fsp3) is 0.364. The maximum absolute atomic E-state index is 13.2. The Morgan fingerprint density at radius 3 is 2.47 bits per heavy atom. The summed E-state index contributed by atoms with van der Waals surface area (Å²) < 4.78 is 43.3. The summed E-state index contributed by atoms with van der Waals surface area (Å²) in [6, 6.07) is 1.10. The molecule has 0 aromatic heterocycles. The highest BCUT2D eigenvalue weighted by molar-refractivity contribution is 6.30. The van der Waals surface area contributed by atoms with Crippen LogP contribution in [0.1, 0.15) is 12.5 Å². The van der Waals surface area contributed by atoms with E-state index in [-0.39, 0.29) is 18.6 Å². The molecule has 1 unspecified atom stereocenters. The van der Waals surface area contributed by atoms with E-state index in [1.807, 2.05) is 0 Å². The zero-order valence-corrected chi connectivity index (χ0v) is 9.73. The summed E-state index contributed by atoms with van der Waals surface area (Å²) in [6.45, 7) is 1.74. The standard InChI is InChI=1S/C11H10ClF3O2/c1-2-17-11(16)7(12)3-6-4-9(14)10(15)5-8(6)13/h4-5,7H,2-3H2,1H3. The second kappa shape index (κ2) is 5.91. The van der Waals surface area contributed by atoms with Crippen LogP contribution in [0.3, 0.4) is 0 Å². The molecule has 0 bridgehead atoms.